The van der Waals surface area contributed by atoms with E-state index in [0.717, 1.165) is 29.7 Å². The molecule has 3 rings (SSSR count). The Morgan fingerprint density at radius 1 is 1.07 bits per heavy atom. The summed E-state index contributed by atoms with van der Waals surface area (Å²) in [6.45, 7) is 0. The van der Waals surface area contributed by atoms with E-state index in [9.17, 15) is 15.4 Å². The number of benzene rings is 2. The van der Waals surface area contributed by atoms with Gasteiger partial charge in [-0.05, 0) is 36.6 Å². The summed E-state index contributed by atoms with van der Waals surface area (Å²) in [5.74, 6) is 0. The molecule has 0 N–H and O–H groups in total. The third-order valence-electron chi connectivity index (χ3n) is 4.96. The molecule has 0 amide bonds. The summed E-state index contributed by atoms with van der Waals surface area (Å²) in [6, 6.07) is 18.7. The van der Waals surface area contributed by atoms with Crippen molar-refractivity contribution in [3.63, 3.8) is 0 Å². The largest absolute Gasteiger partial charge is 0.280 e. The minimum absolute atomic E-state index is 0.0568. The molecule has 5 heteroatoms. The normalized spacial score (nSPS) is 16.0. The van der Waals surface area contributed by atoms with E-state index in [0.29, 0.717) is 5.57 Å². The number of hydrogen-bond acceptors (Lipinski definition) is 4. The first kappa shape index (κ1) is 20.2. The van der Waals surface area contributed by atoms with Gasteiger partial charge in [-0.15, -0.1) is 0 Å². The van der Waals surface area contributed by atoms with Crippen molar-refractivity contribution in [2.75, 3.05) is 0 Å². The van der Waals surface area contributed by atoms with Gasteiger partial charge in [-0.1, -0.05) is 61.7 Å². The predicted octanol–water partition coefficient (Wildman–Crippen LogP) is 5.88. The van der Waals surface area contributed by atoms with Crippen LogP contribution in [0.4, 0.5) is 5.69 Å². The number of nitro benzene ring substituents is 1. The Kier molecular flexibility index (Phi) is 7.07. The smallest absolute Gasteiger partial charge is 0.269 e. The molecule has 0 aromatic heterocycles. The summed E-state index contributed by atoms with van der Waals surface area (Å²) < 4.78 is 0. The molecular weight excluding hydrogens is 362 g/mol. The van der Waals surface area contributed by atoms with E-state index in [1.54, 1.807) is 24.3 Å². The van der Waals surface area contributed by atoms with Gasteiger partial charge in [0.1, 0.15) is 6.07 Å². The first-order valence-corrected chi connectivity index (χ1v) is 9.84. The van der Waals surface area contributed by atoms with Crippen LogP contribution in [0.2, 0.25) is 0 Å². The van der Waals surface area contributed by atoms with Gasteiger partial charge in [-0.2, -0.15) is 5.26 Å². The maximum Gasteiger partial charge on any atom is 0.269 e. The molecule has 0 spiro atoms. The van der Waals surface area contributed by atoms with E-state index in [1.807, 2.05) is 36.4 Å². The lowest BCUT2D eigenvalue weighted by atomic mass is 9.94. The Bertz CT molecular complexity index is 961. The standard InChI is InChI=1S/C24H23N3O2/c25-18-21(11-7-8-19-14-16-23(17-15-19)27(28)29)24(20-9-3-1-4-10-20)26-22-12-5-2-6-13-22/h1,3-4,7-11,14-17,22H,2,5-6,12-13H2/b8-7+,21-11+,26-24?. The lowest BCUT2D eigenvalue weighted by Gasteiger charge is -2.19. The minimum Gasteiger partial charge on any atom is -0.280 e. The number of non-ortho nitro benzene ring substituents is 1. The van der Waals surface area contributed by atoms with Gasteiger partial charge in [0.05, 0.1) is 22.2 Å². The van der Waals surface area contributed by atoms with Crippen LogP contribution in [-0.2, 0) is 0 Å². The monoisotopic (exact) mass is 385 g/mol. The van der Waals surface area contributed by atoms with Crippen LogP contribution in [0, 0.1) is 21.4 Å². The third-order valence-corrected chi connectivity index (χ3v) is 4.96. The SMILES string of the molecule is N#C/C(=C\C=C\c1ccc([N+](=O)[O-])cc1)C(=NC1CCCCC1)c1ccccc1. The molecule has 1 fully saturated rings. The molecule has 0 heterocycles. The summed E-state index contributed by atoms with van der Waals surface area (Å²) in [4.78, 5) is 15.3. The fourth-order valence-electron chi connectivity index (χ4n) is 3.42. The molecule has 0 unspecified atom stereocenters. The van der Waals surface area contributed by atoms with Crippen molar-refractivity contribution in [3.8, 4) is 6.07 Å². The molecule has 146 valence electrons. The highest BCUT2D eigenvalue weighted by Crippen LogP contribution is 2.22. The van der Waals surface area contributed by atoms with Crippen molar-refractivity contribution < 1.29 is 4.92 Å². The van der Waals surface area contributed by atoms with E-state index < -0.39 is 4.92 Å². The molecule has 29 heavy (non-hydrogen) atoms. The quantitative estimate of drug-likeness (QED) is 0.205. The second-order valence-electron chi connectivity index (χ2n) is 7.04. The van der Waals surface area contributed by atoms with Gasteiger partial charge in [0.25, 0.3) is 5.69 Å². The first-order valence-electron chi connectivity index (χ1n) is 9.84. The molecule has 1 aliphatic carbocycles. The average molecular weight is 385 g/mol. The summed E-state index contributed by atoms with van der Waals surface area (Å²) in [5.41, 5.74) is 3.07. The zero-order chi connectivity index (χ0) is 20.5. The van der Waals surface area contributed by atoms with Crippen LogP contribution in [-0.4, -0.2) is 16.7 Å². The molecule has 0 atom stereocenters. The van der Waals surface area contributed by atoms with Gasteiger partial charge < -0.3 is 0 Å². The Hall–Kier alpha value is -3.52. The Labute approximate surface area is 170 Å². The molecule has 0 saturated heterocycles. The van der Waals surface area contributed by atoms with Crippen LogP contribution >= 0.6 is 0 Å². The highest BCUT2D eigenvalue weighted by Gasteiger charge is 2.16. The summed E-state index contributed by atoms with van der Waals surface area (Å²) >= 11 is 0. The van der Waals surface area contributed by atoms with E-state index in [-0.39, 0.29) is 11.7 Å². The second-order valence-corrected chi connectivity index (χ2v) is 7.04. The van der Waals surface area contributed by atoms with Crippen LogP contribution < -0.4 is 0 Å². The van der Waals surface area contributed by atoms with Crippen LogP contribution in [0.3, 0.4) is 0 Å². The van der Waals surface area contributed by atoms with Crippen molar-refractivity contribution in [3.05, 3.63) is 93.6 Å². The molecule has 0 aliphatic heterocycles. The van der Waals surface area contributed by atoms with Crippen LogP contribution in [0.1, 0.15) is 43.2 Å². The van der Waals surface area contributed by atoms with Gasteiger partial charge >= 0.3 is 0 Å². The fraction of sp³-hybridized carbons (Fsp3) is 0.250. The van der Waals surface area contributed by atoms with Crippen molar-refractivity contribution in [1.29, 1.82) is 5.26 Å². The molecular formula is C24H23N3O2. The maximum absolute atomic E-state index is 10.8. The summed E-state index contributed by atoms with van der Waals surface area (Å²) in [7, 11) is 0. The highest BCUT2D eigenvalue weighted by atomic mass is 16.6. The maximum atomic E-state index is 10.8. The molecule has 0 bridgehead atoms. The van der Waals surface area contributed by atoms with Crippen molar-refractivity contribution in [1.82, 2.24) is 0 Å². The minimum atomic E-state index is -0.422. The molecule has 0 radical (unpaired) electrons. The van der Waals surface area contributed by atoms with Gasteiger partial charge in [0.2, 0.25) is 0 Å². The summed E-state index contributed by atoms with van der Waals surface area (Å²) in [6.07, 6.45) is 11.1. The topological polar surface area (TPSA) is 79.3 Å². The van der Waals surface area contributed by atoms with Crippen molar-refractivity contribution in [2.45, 2.75) is 38.1 Å². The van der Waals surface area contributed by atoms with E-state index >= 15 is 0 Å². The third kappa shape index (κ3) is 5.73. The number of nitro groups is 1. The number of nitriles is 1. The van der Waals surface area contributed by atoms with Gasteiger partial charge in [-0.25, -0.2) is 0 Å². The number of nitrogens with zero attached hydrogens (tertiary/aromatic N) is 3. The lowest BCUT2D eigenvalue weighted by Crippen LogP contribution is -2.15. The first-order chi connectivity index (χ1) is 14.2. The van der Waals surface area contributed by atoms with E-state index in [1.165, 1.54) is 31.4 Å². The lowest BCUT2D eigenvalue weighted by molar-refractivity contribution is -0.384. The van der Waals surface area contributed by atoms with Crippen LogP contribution in [0.25, 0.3) is 6.08 Å². The van der Waals surface area contributed by atoms with E-state index in [4.69, 9.17) is 4.99 Å². The number of hydrogen-bond donors (Lipinski definition) is 0. The summed E-state index contributed by atoms with van der Waals surface area (Å²) in [5, 5.41) is 20.5. The zero-order valence-electron chi connectivity index (χ0n) is 16.2. The number of rotatable bonds is 6. The highest BCUT2D eigenvalue weighted by molar-refractivity contribution is 6.15. The van der Waals surface area contributed by atoms with Crippen LogP contribution in [0.5, 0.6) is 0 Å². The fourth-order valence-corrected chi connectivity index (χ4v) is 3.42. The van der Waals surface area contributed by atoms with Crippen molar-refractivity contribution >= 4 is 17.5 Å². The van der Waals surface area contributed by atoms with E-state index in [2.05, 4.69) is 6.07 Å². The Morgan fingerprint density at radius 2 is 1.76 bits per heavy atom. The van der Waals surface area contributed by atoms with Gasteiger partial charge in [-0.3, -0.25) is 15.1 Å². The number of allylic oxidation sites excluding steroid dienone is 3. The Balaban J connectivity index is 1.87. The molecule has 5 nitrogen and oxygen atoms in total. The van der Waals surface area contributed by atoms with Gasteiger partial charge in [0.15, 0.2) is 0 Å². The average Bonchev–Trinajstić information content (AvgIpc) is 2.77. The number of aliphatic imine (C=N–C) groups is 1. The predicted molar refractivity (Wildman–Crippen MR) is 116 cm³/mol. The van der Waals surface area contributed by atoms with Crippen LogP contribution in [0.15, 0.2) is 77.3 Å². The molecule has 2 aromatic carbocycles. The van der Waals surface area contributed by atoms with Crippen molar-refractivity contribution in [2.24, 2.45) is 4.99 Å². The molecule has 1 saturated carbocycles. The zero-order valence-corrected chi connectivity index (χ0v) is 16.2. The molecule has 2 aromatic rings. The second kappa shape index (κ2) is 10.1. The molecule has 1 aliphatic rings. The van der Waals surface area contributed by atoms with Gasteiger partial charge in [0, 0.05) is 17.7 Å². The Morgan fingerprint density at radius 3 is 2.38 bits per heavy atom.